The number of hydrogen-bond acceptors (Lipinski definition) is 2. The minimum Gasteiger partial charge on any atom is -0.373 e. The molecule has 0 radical (unpaired) electrons. The predicted molar refractivity (Wildman–Crippen MR) is 69.2 cm³/mol. The van der Waals surface area contributed by atoms with E-state index in [1.54, 1.807) is 4.68 Å². The van der Waals surface area contributed by atoms with Gasteiger partial charge in [0, 0.05) is 12.6 Å². The average Bonchev–Trinajstić information content (AvgIpc) is 2.53. The van der Waals surface area contributed by atoms with Crippen LogP contribution in [0.15, 0.2) is 0 Å². The van der Waals surface area contributed by atoms with Gasteiger partial charge in [-0.1, -0.05) is 37.3 Å². The molecule has 2 rings (SSSR count). The van der Waals surface area contributed by atoms with Gasteiger partial charge in [-0.3, -0.25) is 4.68 Å². The summed E-state index contributed by atoms with van der Waals surface area (Å²) in [5.41, 5.74) is 2.02. The minimum atomic E-state index is 0.410. The molecule has 1 aromatic heterocycles. The van der Waals surface area contributed by atoms with Crippen LogP contribution in [0.4, 0.5) is 0 Å². The van der Waals surface area contributed by atoms with Gasteiger partial charge in [0.05, 0.1) is 18.4 Å². The zero-order valence-corrected chi connectivity index (χ0v) is 11.5. The molecule has 0 atom stereocenters. The van der Waals surface area contributed by atoms with E-state index in [4.69, 9.17) is 16.3 Å². The van der Waals surface area contributed by atoms with Crippen molar-refractivity contribution >= 4 is 11.6 Å². The van der Waals surface area contributed by atoms with Crippen LogP contribution in [0.25, 0.3) is 0 Å². The molecule has 0 saturated heterocycles. The highest BCUT2D eigenvalue weighted by atomic mass is 35.5. The third-order valence-corrected chi connectivity index (χ3v) is 4.01. The molecule has 17 heavy (non-hydrogen) atoms. The molecule has 1 saturated carbocycles. The summed E-state index contributed by atoms with van der Waals surface area (Å²) in [5.74, 6) is 0. The lowest BCUT2D eigenvalue weighted by atomic mass is 10.1. The van der Waals surface area contributed by atoms with E-state index in [9.17, 15) is 0 Å². The van der Waals surface area contributed by atoms with E-state index < -0.39 is 0 Å². The molecule has 1 aliphatic carbocycles. The van der Waals surface area contributed by atoms with Crippen LogP contribution in [-0.2, 0) is 18.4 Å². The van der Waals surface area contributed by atoms with Gasteiger partial charge < -0.3 is 4.74 Å². The highest BCUT2D eigenvalue weighted by molar-refractivity contribution is 6.30. The molecule has 1 fully saturated rings. The molecule has 96 valence electrons. The zero-order valence-electron chi connectivity index (χ0n) is 10.7. The molecule has 0 amide bonds. The van der Waals surface area contributed by atoms with E-state index in [1.807, 2.05) is 14.0 Å². The topological polar surface area (TPSA) is 27.1 Å². The molecule has 0 bridgehead atoms. The summed E-state index contributed by atoms with van der Waals surface area (Å²) in [4.78, 5) is 0. The molecule has 3 nitrogen and oxygen atoms in total. The monoisotopic (exact) mass is 256 g/mol. The summed E-state index contributed by atoms with van der Waals surface area (Å²) in [6, 6.07) is 0. The Labute approximate surface area is 108 Å². The SMILES string of the molecule is Cc1nn(C)c(Cl)c1COC1CCCCCC1. The van der Waals surface area contributed by atoms with Gasteiger partial charge in [0.2, 0.25) is 0 Å². The predicted octanol–water partition coefficient (Wildman–Crippen LogP) is 3.62. The highest BCUT2D eigenvalue weighted by Gasteiger charge is 2.16. The molecule has 4 heteroatoms. The van der Waals surface area contributed by atoms with Gasteiger partial charge in [-0.15, -0.1) is 0 Å². The third kappa shape index (κ3) is 3.23. The van der Waals surface area contributed by atoms with Crippen LogP contribution in [0.2, 0.25) is 5.15 Å². The normalized spacial score (nSPS) is 18.3. The van der Waals surface area contributed by atoms with Crippen LogP contribution in [0.3, 0.4) is 0 Å². The van der Waals surface area contributed by atoms with Gasteiger partial charge in [0.15, 0.2) is 0 Å². The highest BCUT2D eigenvalue weighted by Crippen LogP contribution is 2.24. The standard InChI is InChI=1S/C13H21ClN2O/c1-10-12(13(14)16(2)15-10)9-17-11-7-5-3-4-6-8-11/h11H,3-9H2,1-2H3. The van der Waals surface area contributed by atoms with Crippen molar-refractivity contribution in [3.63, 3.8) is 0 Å². The van der Waals surface area contributed by atoms with Crippen molar-refractivity contribution in [2.45, 2.75) is 58.2 Å². The van der Waals surface area contributed by atoms with Crippen LogP contribution in [-0.4, -0.2) is 15.9 Å². The van der Waals surface area contributed by atoms with E-state index in [1.165, 1.54) is 38.5 Å². The summed E-state index contributed by atoms with van der Waals surface area (Å²) in [6.07, 6.45) is 8.09. The van der Waals surface area contributed by atoms with Crippen molar-refractivity contribution < 1.29 is 4.74 Å². The lowest BCUT2D eigenvalue weighted by Gasteiger charge is -2.15. The van der Waals surface area contributed by atoms with E-state index in [-0.39, 0.29) is 0 Å². The van der Waals surface area contributed by atoms with Crippen LogP contribution >= 0.6 is 11.6 Å². The number of aromatic nitrogens is 2. The molecule has 0 spiro atoms. The Balaban J connectivity index is 1.92. The summed E-state index contributed by atoms with van der Waals surface area (Å²) in [7, 11) is 1.87. The average molecular weight is 257 g/mol. The van der Waals surface area contributed by atoms with Gasteiger partial charge in [0.1, 0.15) is 5.15 Å². The first kappa shape index (κ1) is 12.9. The van der Waals surface area contributed by atoms with Crippen LogP contribution in [0.5, 0.6) is 0 Å². The Hall–Kier alpha value is -0.540. The van der Waals surface area contributed by atoms with Gasteiger partial charge in [-0.05, 0) is 19.8 Å². The molecule has 1 aromatic rings. The molecular weight excluding hydrogens is 236 g/mol. The summed E-state index contributed by atoms with van der Waals surface area (Å²) < 4.78 is 7.70. The second kappa shape index (κ2) is 5.87. The summed E-state index contributed by atoms with van der Waals surface area (Å²) in [5, 5.41) is 5.00. The van der Waals surface area contributed by atoms with Crippen molar-refractivity contribution in [1.29, 1.82) is 0 Å². The van der Waals surface area contributed by atoms with Crippen LogP contribution in [0.1, 0.15) is 49.8 Å². The first-order chi connectivity index (χ1) is 8.18. The Kier molecular flexibility index (Phi) is 4.46. The van der Waals surface area contributed by atoms with Gasteiger partial charge in [-0.2, -0.15) is 5.10 Å². The number of rotatable bonds is 3. The lowest BCUT2D eigenvalue weighted by Crippen LogP contribution is -2.11. The number of hydrogen-bond donors (Lipinski definition) is 0. The second-order valence-corrected chi connectivity index (χ2v) is 5.26. The molecule has 0 aromatic carbocycles. The maximum atomic E-state index is 6.18. The Morgan fingerprint density at radius 1 is 1.29 bits per heavy atom. The van der Waals surface area contributed by atoms with Gasteiger partial charge in [0.25, 0.3) is 0 Å². The Morgan fingerprint density at radius 2 is 1.94 bits per heavy atom. The maximum absolute atomic E-state index is 6.18. The largest absolute Gasteiger partial charge is 0.373 e. The quantitative estimate of drug-likeness (QED) is 0.773. The molecule has 0 aliphatic heterocycles. The Bertz CT molecular complexity index is 368. The zero-order chi connectivity index (χ0) is 12.3. The Morgan fingerprint density at radius 3 is 2.47 bits per heavy atom. The molecule has 1 aliphatic rings. The lowest BCUT2D eigenvalue weighted by molar-refractivity contribution is 0.0307. The number of halogens is 1. The summed E-state index contributed by atoms with van der Waals surface area (Å²) >= 11 is 6.18. The molecular formula is C13H21ClN2O. The maximum Gasteiger partial charge on any atom is 0.132 e. The van der Waals surface area contributed by atoms with Crippen molar-refractivity contribution in [3.05, 3.63) is 16.4 Å². The van der Waals surface area contributed by atoms with Crippen LogP contribution < -0.4 is 0 Å². The second-order valence-electron chi connectivity index (χ2n) is 4.90. The number of aryl methyl sites for hydroxylation is 2. The first-order valence-electron chi connectivity index (χ1n) is 6.48. The molecule has 0 unspecified atom stereocenters. The fourth-order valence-electron chi connectivity index (χ4n) is 2.45. The van der Waals surface area contributed by atoms with E-state index >= 15 is 0 Å². The van der Waals surface area contributed by atoms with Gasteiger partial charge >= 0.3 is 0 Å². The molecule has 1 heterocycles. The number of nitrogens with zero attached hydrogens (tertiary/aromatic N) is 2. The smallest absolute Gasteiger partial charge is 0.132 e. The van der Waals surface area contributed by atoms with E-state index in [2.05, 4.69) is 5.10 Å². The number of ether oxygens (including phenoxy) is 1. The third-order valence-electron chi connectivity index (χ3n) is 3.54. The van der Waals surface area contributed by atoms with Gasteiger partial charge in [-0.25, -0.2) is 0 Å². The van der Waals surface area contributed by atoms with Crippen LogP contribution in [0, 0.1) is 6.92 Å². The first-order valence-corrected chi connectivity index (χ1v) is 6.86. The van der Waals surface area contributed by atoms with Crippen molar-refractivity contribution in [1.82, 2.24) is 9.78 Å². The van der Waals surface area contributed by atoms with Crippen molar-refractivity contribution in [2.24, 2.45) is 7.05 Å². The van der Waals surface area contributed by atoms with Crippen molar-refractivity contribution in [2.75, 3.05) is 0 Å². The summed E-state index contributed by atoms with van der Waals surface area (Å²) in [6.45, 7) is 2.58. The van der Waals surface area contributed by atoms with E-state index in [0.29, 0.717) is 17.9 Å². The fraction of sp³-hybridized carbons (Fsp3) is 0.769. The van der Waals surface area contributed by atoms with Crippen molar-refractivity contribution in [3.8, 4) is 0 Å². The minimum absolute atomic E-state index is 0.410. The molecule has 0 N–H and O–H groups in total. The van der Waals surface area contributed by atoms with E-state index in [0.717, 1.165) is 11.3 Å². The fourth-order valence-corrected chi connectivity index (χ4v) is 2.68.